The van der Waals surface area contributed by atoms with E-state index in [9.17, 15) is 13.6 Å². The molecule has 0 bridgehead atoms. The Labute approximate surface area is 113 Å². The molecule has 0 spiro atoms. The second-order valence-corrected chi connectivity index (χ2v) is 4.82. The zero-order valence-corrected chi connectivity index (χ0v) is 10.7. The van der Waals surface area contributed by atoms with Crippen LogP contribution in [0.1, 0.15) is 31.1 Å². The van der Waals surface area contributed by atoms with Crippen LogP contribution in [0.25, 0.3) is 5.69 Å². The summed E-state index contributed by atoms with van der Waals surface area (Å²) in [5.41, 5.74) is -0.523. The van der Waals surface area contributed by atoms with Crippen LogP contribution in [0.15, 0.2) is 23.0 Å². The molecule has 0 radical (unpaired) electrons. The maximum atomic E-state index is 13.9. The van der Waals surface area contributed by atoms with Gasteiger partial charge < -0.3 is 5.32 Å². The molecule has 1 aromatic heterocycles. The summed E-state index contributed by atoms with van der Waals surface area (Å²) in [4.78, 5) is 11.9. The minimum Gasteiger partial charge on any atom is -0.307 e. The Bertz CT molecular complexity index is 673. The number of piperidine rings is 1. The van der Waals surface area contributed by atoms with Crippen molar-refractivity contribution in [1.82, 2.24) is 20.1 Å². The zero-order chi connectivity index (χ0) is 14.1. The van der Waals surface area contributed by atoms with Crippen molar-refractivity contribution >= 4 is 0 Å². The van der Waals surface area contributed by atoms with Crippen molar-refractivity contribution in [2.75, 3.05) is 6.54 Å². The third-order valence-corrected chi connectivity index (χ3v) is 3.47. The van der Waals surface area contributed by atoms with Gasteiger partial charge in [-0.2, -0.15) is 5.10 Å². The number of nitrogens with one attached hydrogen (secondary N) is 2. The molecule has 1 unspecified atom stereocenters. The van der Waals surface area contributed by atoms with Crippen LogP contribution in [0.5, 0.6) is 0 Å². The normalized spacial score (nSPS) is 19.2. The second kappa shape index (κ2) is 5.16. The van der Waals surface area contributed by atoms with Crippen LogP contribution >= 0.6 is 0 Å². The summed E-state index contributed by atoms with van der Waals surface area (Å²) in [7, 11) is 0. The topological polar surface area (TPSA) is 62.7 Å². The monoisotopic (exact) mass is 280 g/mol. The van der Waals surface area contributed by atoms with Gasteiger partial charge in [0.15, 0.2) is 5.82 Å². The van der Waals surface area contributed by atoms with E-state index in [1.54, 1.807) is 0 Å². The van der Waals surface area contributed by atoms with Gasteiger partial charge in [0, 0.05) is 6.07 Å². The van der Waals surface area contributed by atoms with E-state index >= 15 is 0 Å². The van der Waals surface area contributed by atoms with E-state index in [2.05, 4.69) is 15.5 Å². The van der Waals surface area contributed by atoms with Crippen molar-refractivity contribution in [2.45, 2.75) is 25.3 Å². The molecule has 1 saturated heterocycles. The van der Waals surface area contributed by atoms with Gasteiger partial charge >= 0.3 is 5.69 Å². The molecule has 0 aliphatic carbocycles. The highest BCUT2D eigenvalue weighted by Gasteiger charge is 2.23. The van der Waals surface area contributed by atoms with Gasteiger partial charge in [-0.25, -0.2) is 23.2 Å². The molecule has 2 heterocycles. The highest BCUT2D eigenvalue weighted by atomic mass is 19.1. The largest absolute Gasteiger partial charge is 0.348 e. The van der Waals surface area contributed by atoms with Crippen molar-refractivity contribution in [3.63, 3.8) is 0 Å². The van der Waals surface area contributed by atoms with Crippen molar-refractivity contribution < 1.29 is 8.78 Å². The summed E-state index contributed by atoms with van der Waals surface area (Å²) in [6, 6.07) is 3.02. The number of hydrogen-bond donors (Lipinski definition) is 2. The van der Waals surface area contributed by atoms with Crippen molar-refractivity contribution in [1.29, 1.82) is 0 Å². The molecule has 1 aromatic carbocycles. The van der Waals surface area contributed by atoms with Crippen LogP contribution in [-0.4, -0.2) is 21.3 Å². The van der Waals surface area contributed by atoms with Gasteiger partial charge in [0.1, 0.15) is 11.6 Å². The minimum absolute atomic E-state index is 0.00697. The van der Waals surface area contributed by atoms with Crippen molar-refractivity contribution in [2.24, 2.45) is 0 Å². The zero-order valence-electron chi connectivity index (χ0n) is 10.7. The first-order valence-electron chi connectivity index (χ1n) is 6.53. The van der Waals surface area contributed by atoms with E-state index in [4.69, 9.17) is 0 Å². The van der Waals surface area contributed by atoms with Gasteiger partial charge in [0.05, 0.1) is 11.7 Å². The molecular formula is C13H14F2N4O. The molecule has 5 nitrogen and oxygen atoms in total. The van der Waals surface area contributed by atoms with Crippen LogP contribution in [0, 0.1) is 11.6 Å². The van der Waals surface area contributed by atoms with E-state index in [0.717, 1.165) is 42.5 Å². The fourth-order valence-corrected chi connectivity index (χ4v) is 2.51. The van der Waals surface area contributed by atoms with Gasteiger partial charge in [-0.3, -0.25) is 0 Å². The first kappa shape index (κ1) is 13.0. The number of H-pyrrole nitrogens is 1. The van der Waals surface area contributed by atoms with Gasteiger partial charge in [-0.1, -0.05) is 6.42 Å². The number of hydrogen-bond acceptors (Lipinski definition) is 3. The predicted molar refractivity (Wildman–Crippen MR) is 68.7 cm³/mol. The molecule has 1 atom stereocenters. The van der Waals surface area contributed by atoms with Crippen LogP contribution in [0.3, 0.4) is 0 Å². The van der Waals surface area contributed by atoms with Gasteiger partial charge in [0.25, 0.3) is 0 Å². The smallest absolute Gasteiger partial charge is 0.307 e. The third-order valence-electron chi connectivity index (χ3n) is 3.47. The Morgan fingerprint density at radius 1 is 1.30 bits per heavy atom. The van der Waals surface area contributed by atoms with E-state index in [1.165, 1.54) is 6.07 Å². The molecule has 1 fully saturated rings. The predicted octanol–water partition coefficient (Wildman–Crippen LogP) is 1.65. The Morgan fingerprint density at radius 2 is 2.15 bits per heavy atom. The lowest BCUT2D eigenvalue weighted by Crippen LogP contribution is -2.30. The molecular weight excluding hydrogens is 266 g/mol. The lowest BCUT2D eigenvalue weighted by molar-refractivity contribution is 0.392. The van der Waals surface area contributed by atoms with Gasteiger partial charge in [-0.05, 0) is 31.5 Å². The maximum Gasteiger partial charge on any atom is 0.348 e. The highest BCUT2D eigenvalue weighted by molar-refractivity contribution is 5.35. The van der Waals surface area contributed by atoms with Crippen molar-refractivity contribution in [3.05, 3.63) is 46.1 Å². The standard InChI is InChI=1S/C13H14F2N4O/c14-8-4-5-11(9(15)7-8)19-12(17-18-13(19)20)10-3-1-2-6-16-10/h4-5,7,10,16H,1-3,6H2,(H,18,20). The molecule has 0 saturated carbocycles. The van der Waals surface area contributed by atoms with E-state index in [1.807, 2.05) is 0 Å². The summed E-state index contributed by atoms with van der Waals surface area (Å²) in [5, 5.41) is 9.56. The average Bonchev–Trinajstić information content (AvgIpc) is 2.82. The molecule has 20 heavy (non-hydrogen) atoms. The lowest BCUT2D eigenvalue weighted by atomic mass is 10.0. The molecule has 3 rings (SSSR count). The lowest BCUT2D eigenvalue weighted by Gasteiger charge is -2.22. The maximum absolute atomic E-state index is 13.9. The molecule has 0 amide bonds. The van der Waals surface area contributed by atoms with E-state index in [0.29, 0.717) is 5.82 Å². The Kier molecular flexibility index (Phi) is 3.35. The first-order chi connectivity index (χ1) is 9.66. The summed E-state index contributed by atoms with van der Waals surface area (Å²) >= 11 is 0. The number of rotatable bonds is 2. The number of aromatic amines is 1. The van der Waals surface area contributed by atoms with Crippen LogP contribution in [0.4, 0.5) is 8.78 Å². The molecule has 1 aliphatic heterocycles. The Morgan fingerprint density at radius 3 is 2.85 bits per heavy atom. The van der Waals surface area contributed by atoms with E-state index in [-0.39, 0.29) is 11.7 Å². The summed E-state index contributed by atoms with van der Waals surface area (Å²) in [6.07, 6.45) is 2.91. The van der Waals surface area contributed by atoms with Gasteiger partial charge in [0.2, 0.25) is 0 Å². The summed E-state index contributed by atoms with van der Waals surface area (Å²) < 4.78 is 28.0. The van der Waals surface area contributed by atoms with Gasteiger partial charge in [-0.15, -0.1) is 0 Å². The molecule has 1 aliphatic rings. The quantitative estimate of drug-likeness (QED) is 0.879. The third kappa shape index (κ3) is 2.24. The number of aromatic nitrogens is 3. The summed E-state index contributed by atoms with van der Waals surface area (Å²) in [5.74, 6) is -1.04. The first-order valence-corrected chi connectivity index (χ1v) is 6.53. The highest BCUT2D eigenvalue weighted by Crippen LogP contribution is 2.23. The summed E-state index contributed by atoms with van der Waals surface area (Å²) in [6.45, 7) is 0.831. The van der Waals surface area contributed by atoms with Crippen LogP contribution in [0.2, 0.25) is 0 Å². The fraction of sp³-hybridized carbons (Fsp3) is 0.385. The molecule has 2 aromatic rings. The second-order valence-electron chi connectivity index (χ2n) is 4.82. The molecule has 106 valence electrons. The SMILES string of the molecule is O=c1[nH]nc(C2CCCCN2)n1-c1ccc(F)cc1F. The Balaban J connectivity index is 2.08. The average molecular weight is 280 g/mol. The van der Waals surface area contributed by atoms with E-state index < -0.39 is 17.3 Å². The fourth-order valence-electron chi connectivity index (χ4n) is 2.51. The number of nitrogens with zero attached hydrogens (tertiary/aromatic N) is 2. The Hall–Kier alpha value is -2.02. The number of halogens is 2. The molecule has 7 heteroatoms. The van der Waals surface area contributed by atoms with Crippen LogP contribution < -0.4 is 11.0 Å². The number of benzene rings is 1. The van der Waals surface area contributed by atoms with Crippen LogP contribution in [-0.2, 0) is 0 Å². The minimum atomic E-state index is -0.787. The van der Waals surface area contributed by atoms with Crippen molar-refractivity contribution in [3.8, 4) is 5.69 Å². The molecule has 2 N–H and O–H groups in total.